The van der Waals surface area contributed by atoms with E-state index in [1.807, 2.05) is 0 Å². The Bertz CT molecular complexity index is 810. The molecule has 3 heteroatoms. The lowest BCUT2D eigenvalue weighted by atomic mass is 10.0. The molecule has 1 fully saturated rings. The van der Waals surface area contributed by atoms with Crippen molar-refractivity contribution in [2.75, 3.05) is 23.9 Å². The van der Waals surface area contributed by atoms with Gasteiger partial charge in [-0.05, 0) is 78.5 Å². The van der Waals surface area contributed by atoms with E-state index in [0.29, 0.717) is 12.1 Å². The van der Waals surface area contributed by atoms with E-state index in [4.69, 9.17) is 4.74 Å². The van der Waals surface area contributed by atoms with E-state index in [-0.39, 0.29) is 0 Å². The molecule has 1 aliphatic carbocycles. The van der Waals surface area contributed by atoms with Crippen LogP contribution in [0.3, 0.4) is 0 Å². The van der Waals surface area contributed by atoms with E-state index < -0.39 is 0 Å². The second-order valence-electron chi connectivity index (χ2n) is 8.48. The Morgan fingerprint density at radius 2 is 1.85 bits per heavy atom. The third kappa shape index (κ3) is 3.78. The van der Waals surface area contributed by atoms with Crippen molar-refractivity contribution in [3.05, 3.63) is 42.0 Å². The second kappa shape index (κ2) is 7.46. The lowest BCUT2D eigenvalue weighted by Crippen LogP contribution is -2.33. The molecule has 1 aliphatic heterocycles. The van der Waals surface area contributed by atoms with Crippen molar-refractivity contribution >= 4 is 11.4 Å². The van der Waals surface area contributed by atoms with Crippen LogP contribution in [-0.2, 0) is 6.42 Å². The van der Waals surface area contributed by atoms with Gasteiger partial charge in [0, 0.05) is 7.05 Å². The first-order valence-corrected chi connectivity index (χ1v) is 10.5. The predicted molar refractivity (Wildman–Crippen MR) is 115 cm³/mol. The Morgan fingerprint density at radius 3 is 2.56 bits per heavy atom. The molecule has 0 spiro atoms. The largest absolute Gasteiger partial charge is 0.493 e. The first-order chi connectivity index (χ1) is 13.1. The molecular weight excluding hydrogens is 332 g/mol. The van der Waals surface area contributed by atoms with Gasteiger partial charge in [0.05, 0.1) is 18.0 Å². The first-order valence-electron chi connectivity index (χ1n) is 10.5. The molecule has 0 bridgehead atoms. The minimum Gasteiger partial charge on any atom is -0.493 e. The molecule has 4 rings (SSSR count). The highest BCUT2D eigenvalue weighted by Gasteiger charge is 2.38. The summed E-state index contributed by atoms with van der Waals surface area (Å²) in [6, 6.07) is 13.5. The average molecular weight is 365 g/mol. The van der Waals surface area contributed by atoms with Gasteiger partial charge < -0.3 is 15.0 Å². The zero-order chi connectivity index (χ0) is 19.0. The van der Waals surface area contributed by atoms with Gasteiger partial charge in [-0.15, -0.1) is 0 Å². The van der Waals surface area contributed by atoms with E-state index in [0.717, 1.165) is 31.1 Å². The van der Waals surface area contributed by atoms with E-state index in [1.54, 1.807) is 0 Å². The fourth-order valence-electron chi connectivity index (χ4n) is 3.97. The van der Waals surface area contributed by atoms with Gasteiger partial charge in [0.25, 0.3) is 0 Å². The minimum absolute atomic E-state index is 0.471. The predicted octanol–water partition coefficient (Wildman–Crippen LogP) is 5.94. The fraction of sp³-hybridized carbons (Fsp3) is 0.500. The van der Waals surface area contributed by atoms with Crippen LogP contribution in [0.25, 0.3) is 11.1 Å². The molecule has 2 aromatic carbocycles. The van der Waals surface area contributed by atoms with Crippen LogP contribution in [0.2, 0.25) is 0 Å². The van der Waals surface area contributed by atoms with Crippen LogP contribution in [0.4, 0.5) is 11.4 Å². The summed E-state index contributed by atoms with van der Waals surface area (Å²) in [6.45, 7) is 7.47. The summed E-state index contributed by atoms with van der Waals surface area (Å²) in [5.41, 5.74) is 6.42. The quantitative estimate of drug-likeness (QED) is 0.658. The molecule has 0 saturated heterocycles. The maximum atomic E-state index is 6.05. The summed E-state index contributed by atoms with van der Waals surface area (Å²) in [4.78, 5) is 2.40. The van der Waals surface area contributed by atoms with E-state index in [9.17, 15) is 0 Å². The molecule has 144 valence electrons. The molecule has 2 aromatic rings. The first kappa shape index (κ1) is 18.2. The summed E-state index contributed by atoms with van der Waals surface area (Å²) in [7, 11) is 2.21. The molecule has 0 radical (unpaired) electrons. The Morgan fingerprint density at radius 1 is 1.11 bits per heavy atom. The summed E-state index contributed by atoms with van der Waals surface area (Å²) < 4.78 is 6.05. The molecule has 0 amide bonds. The van der Waals surface area contributed by atoms with Gasteiger partial charge in [-0.2, -0.15) is 0 Å². The van der Waals surface area contributed by atoms with Crippen LogP contribution in [-0.4, -0.2) is 19.8 Å². The molecule has 1 unspecified atom stereocenters. The fourth-order valence-corrected chi connectivity index (χ4v) is 3.97. The number of ether oxygens (including phenoxy) is 1. The Hall–Kier alpha value is -2.16. The second-order valence-corrected chi connectivity index (χ2v) is 8.48. The average Bonchev–Trinajstić information content (AvgIpc) is 3.45. The lowest BCUT2D eigenvalue weighted by Gasteiger charge is -2.21. The van der Waals surface area contributed by atoms with E-state index in [1.165, 1.54) is 40.9 Å². The van der Waals surface area contributed by atoms with Gasteiger partial charge in [0.2, 0.25) is 0 Å². The van der Waals surface area contributed by atoms with Crippen molar-refractivity contribution in [3.8, 4) is 16.9 Å². The van der Waals surface area contributed by atoms with Crippen LogP contribution < -0.4 is 15.0 Å². The standard InChI is InChI=1S/C24H32N2O/c1-5-17-14-19(9-11-23(17)27-13-12-16(2)3)20-8-10-22-21(15-20)25-24(26(22)4)18-6-7-18/h8-11,14-16,18,24-25H,5-7,12-13H2,1-4H3. The zero-order valence-electron chi connectivity index (χ0n) is 17.1. The molecular formula is C24H32N2O. The van der Waals surface area contributed by atoms with Crippen LogP contribution in [0, 0.1) is 11.8 Å². The molecule has 2 aliphatic rings. The number of hydrogen-bond acceptors (Lipinski definition) is 3. The molecule has 0 aromatic heterocycles. The minimum atomic E-state index is 0.471. The van der Waals surface area contributed by atoms with Crippen molar-refractivity contribution in [2.24, 2.45) is 11.8 Å². The summed E-state index contributed by atoms with van der Waals surface area (Å²) in [5, 5.41) is 3.74. The molecule has 1 heterocycles. The highest BCUT2D eigenvalue weighted by Crippen LogP contribution is 2.44. The topological polar surface area (TPSA) is 24.5 Å². The van der Waals surface area contributed by atoms with Crippen molar-refractivity contribution in [3.63, 3.8) is 0 Å². The van der Waals surface area contributed by atoms with Crippen LogP contribution in [0.15, 0.2) is 36.4 Å². The molecule has 27 heavy (non-hydrogen) atoms. The van der Waals surface area contributed by atoms with Crippen LogP contribution in [0.1, 0.15) is 45.6 Å². The van der Waals surface area contributed by atoms with Gasteiger partial charge >= 0.3 is 0 Å². The summed E-state index contributed by atoms with van der Waals surface area (Å²) >= 11 is 0. The van der Waals surface area contributed by atoms with E-state index >= 15 is 0 Å². The van der Waals surface area contributed by atoms with Crippen molar-refractivity contribution in [1.82, 2.24) is 0 Å². The summed E-state index contributed by atoms with van der Waals surface area (Å²) in [5.74, 6) is 2.51. The monoisotopic (exact) mass is 364 g/mol. The number of nitrogens with zero attached hydrogens (tertiary/aromatic N) is 1. The number of fused-ring (bicyclic) bond motifs is 1. The third-order valence-electron chi connectivity index (χ3n) is 5.89. The van der Waals surface area contributed by atoms with E-state index in [2.05, 4.69) is 74.4 Å². The number of rotatable bonds is 7. The highest BCUT2D eigenvalue weighted by molar-refractivity contribution is 5.82. The number of nitrogens with one attached hydrogen (secondary N) is 1. The summed E-state index contributed by atoms with van der Waals surface area (Å²) in [6.07, 6.45) is 5.25. The molecule has 3 nitrogen and oxygen atoms in total. The number of aryl methyl sites for hydroxylation is 1. The maximum absolute atomic E-state index is 6.05. The lowest BCUT2D eigenvalue weighted by molar-refractivity contribution is 0.287. The highest BCUT2D eigenvalue weighted by atomic mass is 16.5. The smallest absolute Gasteiger partial charge is 0.122 e. The van der Waals surface area contributed by atoms with Crippen molar-refractivity contribution in [1.29, 1.82) is 0 Å². The Balaban J connectivity index is 1.54. The van der Waals surface area contributed by atoms with Gasteiger partial charge in [-0.3, -0.25) is 0 Å². The van der Waals surface area contributed by atoms with Gasteiger partial charge in [-0.25, -0.2) is 0 Å². The third-order valence-corrected chi connectivity index (χ3v) is 5.89. The Labute approximate surface area is 163 Å². The number of anilines is 2. The van der Waals surface area contributed by atoms with Gasteiger partial charge in [0.1, 0.15) is 11.9 Å². The van der Waals surface area contributed by atoms with Gasteiger partial charge in [-0.1, -0.05) is 32.9 Å². The SMILES string of the molecule is CCc1cc(-c2ccc3c(c2)NC(C2CC2)N3C)ccc1OCCC(C)C. The molecule has 1 saturated carbocycles. The normalized spacial score (nSPS) is 18.6. The van der Waals surface area contributed by atoms with Crippen molar-refractivity contribution in [2.45, 2.75) is 52.6 Å². The van der Waals surface area contributed by atoms with Gasteiger partial charge in [0.15, 0.2) is 0 Å². The maximum Gasteiger partial charge on any atom is 0.122 e. The van der Waals surface area contributed by atoms with Crippen LogP contribution >= 0.6 is 0 Å². The molecule has 1 N–H and O–H groups in total. The zero-order valence-corrected chi connectivity index (χ0v) is 17.1. The number of benzene rings is 2. The number of hydrogen-bond donors (Lipinski definition) is 1. The Kier molecular flexibility index (Phi) is 5.03. The van der Waals surface area contributed by atoms with Crippen molar-refractivity contribution < 1.29 is 4.74 Å². The van der Waals surface area contributed by atoms with Crippen LogP contribution in [0.5, 0.6) is 5.75 Å². The molecule has 1 atom stereocenters.